The number of aryl methyl sites for hydroxylation is 1. The normalized spacial score (nSPS) is 14.3. The summed E-state index contributed by atoms with van der Waals surface area (Å²) in [6.45, 7) is 3.11. The number of anilines is 1. The number of hydrogen-bond acceptors (Lipinski definition) is 5. The lowest BCUT2D eigenvalue weighted by molar-refractivity contribution is -0.121. The Labute approximate surface area is 185 Å². The maximum absolute atomic E-state index is 12.8. The lowest BCUT2D eigenvalue weighted by atomic mass is 9.95. The fourth-order valence-electron chi connectivity index (χ4n) is 3.76. The van der Waals surface area contributed by atoms with Crippen molar-refractivity contribution in [1.82, 2.24) is 9.88 Å². The summed E-state index contributed by atoms with van der Waals surface area (Å²) in [4.78, 5) is 31.9. The number of carbonyl (C=O) groups is 2. The van der Waals surface area contributed by atoms with Crippen molar-refractivity contribution in [2.24, 2.45) is 5.92 Å². The van der Waals surface area contributed by atoms with Crippen molar-refractivity contribution in [3.05, 3.63) is 65.0 Å². The molecule has 7 heteroatoms. The molecule has 0 atom stereocenters. The average Bonchev–Trinajstić information content (AvgIpc) is 3.27. The molecule has 0 unspecified atom stereocenters. The standard InChI is InChI=1S/C24H25N3O3S/c1-16-5-3-4-6-20(16)23(29)27-13-11-18(12-14-27)22(28)26-24-25-21(15-31-24)17-7-9-19(30-2)10-8-17/h3-10,15,18H,11-14H2,1-2H3,(H,25,26,28). The number of carbonyl (C=O) groups excluding carboxylic acids is 2. The maximum Gasteiger partial charge on any atom is 0.254 e. The molecule has 3 aromatic rings. The summed E-state index contributed by atoms with van der Waals surface area (Å²) in [5.74, 6) is 0.689. The van der Waals surface area contributed by atoms with Crippen LogP contribution in [-0.2, 0) is 4.79 Å². The zero-order valence-corrected chi connectivity index (χ0v) is 18.4. The largest absolute Gasteiger partial charge is 0.497 e. The van der Waals surface area contributed by atoms with Gasteiger partial charge in [0, 0.05) is 35.5 Å². The molecular formula is C24H25N3O3S. The summed E-state index contributed by atoms with van der Waals surface area (Å²) in [7, 11) is 1.63. The van der Waals surface area contributed by atoms with Gasteiger partial charge >= 0.3 is 0 Å². The number of nitrogens with zero attached hydrogens (tertiary/aromatic N) is 2. The van der Waals surface area contributed by atoms with Gasteiger partial charge in [-0.25, -0.2) is 4.98 Å². The van der Waals surface area contributed by atoms with E-state index in [1.54, 1.807) is 7.11 Å². The number of piperidine rings is 1. The minimum Gasteiger partial charge on any atom is -0.497 e. The number of methoxy groups -OCH3 is 1. The number of thiazole rings is 1. The minimum absolute atomic E-state index is 0.0291. The molecule has 2 amide bonds. The van der Waals surface area contributed by atoms with Crippen LogP contribution < -0.4 is 10.1 Å². The number of rotatable bonds is 5. The number of hydrogen-bond donors (Lipinski definition) is 1. The lowest BCUT2D eigenvalue weighted by Gasteiger charge is -2.31. The van der Waals surface area contributed by atoms with Crippen molar-refractivity contribution in [3.63, 3.8) is 0 Å². The first kappa shape index (κ1) is 21.1. The Bertz CT molecular complexity index is 1070. The lowest BCUT2D eigenvalue weighted by Crippen LogP contribution is -2.41. The SMILES string of the molecule is COc1ccc(-c2csc(NC(=O)C3CCN(C(=O)c4ccccc4C)CC3)n2)cc1. The molecule has 0 spiro atoms. The van der Waals surface area contributed by atoms with Crippen LogP contribution in [0.1, 0.15) is 28.8 Å². The predicted molar refractivity (Wildman–Crippen MR) is 123 cm³/mol. The molecule has 0 radical (unpaired) electrons. The zero-order valence-electron chi connectivity index (χ0n) is 17.6. The Morgan fingerprint density at radius 3 is 2.48 bits per heavy atom. The number of ether oxygens (including phenoxy) is 1. The van der Waals surface area contributed by atoms with E-state index in [1.807, 2.05) is 65.7 Å². The molecule has 2 heterocycles. The summed E-state index contributed by atoms with van der Waals surface area (Å²) in [5.41, 5.74) is 3.50. The molecule has 160 valence electrons. The van der Waals surface area contributed by atoms with Gasteiger partial charge in [0.25, 0.3) is 5.91 Å². The van der Waals surface area contributed by atoms with Gasteiger partial charge in [-0.05, 0) is 55.7 Å². The van der Waals surface area contributed by atoms with E-state index in [-0.39, 0.29) is 17.7 Å². The minimum atomic E-state index is -0.116. The van der Waals surface area contributed by atoms with Crippen LogP contribution in [0.15, 0.2) is 53.9 Å². The van der Waals surface area contributed by atoms with Crippen molar-refractivity contribution < 1.29 is 14.3 Å². The first-order chi connectivity index (χ1) is 15.0. The van der Waals surface area contributed by atoms with E-state index >= 15 is 0 Å². The summed E-state index contributed by atoms with van der Waals surface area (Å²) in [6, 6.07) is 15.3. The number of nitrogens with one attached hydrogen (secondary N) is 1. The van der Waals surface area contributed by atoms with E-state index < -0.39 is 0 Å². The molecular weight excluding hydrogens is 410 g/mol. The Kier molecular flexibility index (Phi) is 6.32. The van der Waals surface area contributed by atoms with Gasteiger partial charge in [0.1, 0.15) is 5.75 Å². The van der Waals surface area contributed by atoms with E-state index in [0.717, 1.165) is 28.1 Å². The third kappa shape index (κ3) is 4.77. The molecule has 1 N–H and O–H groups in total. The second kappa shape index (κ2) is 9.31. The van der Waals surface area contributed by atoms with Crippen molar-refractivity contribution in [2.45, 2.75) is 19.8 Å². The first-order valence-electron chi connectivity index (χ1n) is 10.3. The molecule has 1 aliphatic heterocycles. The highest BCUT2D eigenvalue weighted by Crippen LogP contribution is 2.28. The summed E-state index contributed by atoms with van der Waals surface area (Å²) < 4.78 is 5.18. The third-order valence-electron chi connectivity index (χ3n) is 5.65. The topological polar surface area (TPSA) is 71.5 Å². The number of benzene rings is 2. The Morgan fingerprint density at radius 2 is 1.81 bits per heavy atom. The molecule has 1 aromatic heterocycles. The second-order valence-corrected chi connectivity index (χ2v) is 8.50. The van der Waals surface area contributed by atoms with E-state index in [4.69, 9.17) is 4.74 Å². The van der Waals surface area contributed by atoms with E-state index in [0.29, 0.717) is 31.1 Å². The van der Waals surface area contributed by atoms with Crippen LogP contribution in [0.4, 0.5) is 5.13 Å². The summed E-state index contributed by atoms with van der Waals surface area (Å²) in [5, 5.41) is 5.47. The fourth-order valence-corrected chi connectivity index (χ4v) is 4.48. The van der Waals surface area contributed by atoms with Gasteiger partial charge in [0.15, 0.2) is 5.13 Å². The number of aromatic nitrogens is 1. The highest BCUT2D eigenvalue weighted by molar-refractivity contribution is 7.14. The molecule has 31 heavy (non-hydrogen) atoms. The fraction of sp³-hybridized carbons (Fsp3) is 0.292. The highest BCUT2D eigenvalue weighted by atomic mass is 32.1. The molecule has 2 aromatic carbocycles. The molecule has 1 saturated heterocycles. The van der Waals surface area contributed by atoms with Crippen LogP contribution in [0.3, 0.4) is 0 Å². The maximum atomic E-state index is 12.8. The van der Waals surface area contributed by atoms with Gasteiger partial charge in [-0.3, -0.25) is 9.59 Å². The van der Waals surface area contributed by atoms with E-state index in [9.17, 15) is 9.59 Å². The Hall–Kier alpha value is -3.19. The third-order valence-corrected chi connectivity index (χ3v) is 6.41. The average molecular weight is 436 g/mol. The monoisotopic (exact) mass is 435 g/mol. The molecule has 0 saturated carbocycles. The molecule has 6 nitrogen and oxygen atoms in total. The second-order valence-electron chi connectivity index (χ2n) is 7.64. The van der Waals surface area contributed by atoms with Gasteiger partial charge in [0.2, 0.25) is 5.91 Å². The number of amides is 2. The summed E-state index contributed by atoms with van der Waals surface area (Å²) >= 11 is 1.41. The zero-order chi connectivity index (χ0) is 21.8. The first-order valence-corrected chi connectivity index (χ1v) is 11.2. The van der Waals surface area contributed by atoms with Crippen LogP contribution >= 0.6 is 11.3 Å². The highest BCUT2D eigenvalue weighted by Gasteiger charge is 2.28. The number of likely N-dealkylation sites (tertiary alicyclic amines) is 1. The van der Waals surface area contributed by atoms with Crippen molar-refractivity contribution >= 4 is 28.3 Å². The molecule has 1 aliphatic rings. The quantitative estimate of drug-likeness (QED) is 0.635. The van der Waals surface area contributed by atoms with Gasteiger partial charge in [0.05, 0.1) is 12.8 Å². The van der Waals surface area contributed by atoms with Gasteiger partial charge < -0.3 is 15.0 Å². The van der Waals surface area contributed by atoms with Crippen LogP contribution in [0.2, 0.25) is 0 Å². The molecule has 1 fully saturated rings. The van der Waals surface area contributed by atoms with Crippen molar-refractivity contribution in [3.8, 4) is 17.0 Å². The van der Waals surface area contributed by atoms with Crippen LogP contribution in [0.25, 0.3) is 11.3 Å². The van der Waals surface area contributed by atoms with Gasteiger partial charge in [-0.2, -0.15) is 0 Å². The Morgan fingerprint density at radius 1 is 1.10 bits per heavy atom. The summed E-state index contributed by atoms with van der Waals surface area (Å²) in [6.07, 6.45) is 1.31. The Balaban J connectivity index is 1.33. The molecule has 4 rings (SSSR count). The molecule has 0 bridgehead atoms. The van der Waals surface area contributed by atoms with Crippen LogP contribution in [0.5, 0.6) is 5.75 Å². The van der Waals surface area contributed by atoms with E-state index in [1.165, 1.54) is 11.3 Å². The van der Waals surface area contributed by atoms with Gasteiger partial charge in [-0.1, -0.05) is 18.2 Å². The van der Waals surface area contributed by atoms with Crippen molar-refractivity contribution in [1.29, 1.82) is 0 Å². The van der Waals surface area contributed by atoms with Crippen molar-refractivity contribution in [2.75, 3.05) is 25.5 Å². The predicted octanol–water partition coefficient (Wildman–Crippen LogP) is 4.62. The van der Waals surface area contributed by atoms with Crippen LogP contribution in [0, 0.1) is 12.8 Å². The van der Waals surface area contributed by atoms with Gasteiger partial charge in [-0.15, -0.1) is 11.3 Å². The van der Waals surface area contributed by atoms with E-state index in [2.05, 4.69) is 10.3 Å². The smallest absolute Gasteiger partial charge is 0.254 e. The van der Waals surface area contributed by atoms with Crippen LogP contribution in [-0.4, -0.2) is 41.9 Å². The molecule has 0 aliphatic carbocycles.